The molecule has 6 nitrogen and oxygen atoms in total. The molecule has 0 radical (unpaired) electrons. The highest BCUT2D eigenvalue weighted by Gasteiger charge is 2.48. The van der Waals surface area contributed by atoms with E-state index >= 15 is 0 Å². The smallest absolute Gasteiger partial charge is 0.416 e. The Morgan fingerprint density at radius 2 is 1.65 bits per heavy atom. The Kier molecular flexibility index (Phi) is 6.92. The molecule has 0 bridgehead atoms. The number of carbonyl (C=O) groups is 2. The number of nitrogens with zero attached hydrogens (tertiary/aromatic N) is 1. The van der Waals surface area contributed by atoms with E-state index in [2.05, 4.69) is 0 Å². The van der Waals surface area contributed by atoms with Crippen molar-refractivity contribution in [2.24, 2.45) is 0 Å². The lowest BCUT2D eigenvalue weighted by atomic mass is 9.92. The molecular weight excluding hydrogens is 511 g/mol. The number of carbonyl (C=O) groups excluding carboxylic acids is 2. The first-order chi connectivity index (χ1) is 17.5. The van der Waals surface area contributed by atoms with Gasteiger partial charge in [-0.2, -0.15) is 13.2 Å². The molecule has 192 valence electrons. The van der Waals surface area contributed by atoms with Gasteiger partial charge in [-0.05, 0) is 42.3 Å². The normalized spacial score (nSPS) is 17.3. The van der Waals surface area contributed by atoms with Crippen molar-refractivity contribution in [2.75, 3.05) is 19.1 Å². The molecule has 1 N–H and O–H groups in total. The minimum absolute atomic E-state index is 0.0179. The maximum absolute atomic E-state index is 13.5. The molecule has 1 atom stereocenters. The van der Waals surface area contributed by atoms with Crippen molar-refractivity contribution in [1.82, 2.24) is 0 Å². The molecule has 3 aromatic carbocycles. The van der Waals surface area contributed by atoms with E-state index in [4.69, 9.17) is 21.1 Å². The van der Waals surface area contributed by atoms with Gasteiger partial charge in [0.15, 0.2) is 0 Å². The Morgan fingerprint density at radius 3 is 2.27 bits per heavy atom. The van der Waals surface area contributed by atoms with Crippen LogP contribution in [0.1, 0.15) is 28.3 Å². The van der Waals surface area contributed by atoms with E-state index in [1.54, 1.807) is 31.2 Å². The number of halogens is 4. The monoisotopic (exact) mass is 531 g/mol. The molecule has 1 aliphatic heterocycles. The van der Waals surface area contributed by atoms with Crippen molar-refractivity contribution in [1.29, 1.82) is 0 Å². The number of rotatable bonds is 5. The lowest BCUT2D eigenvalue weighted by molar-refractivity contribution is -0.137. The fourth-order valence-electron chi connectivity index (χ4n) is 4.31. The van der Waals surface area contributed by atoms with Crippen LogP contribution in [0, 0.1) is 6.92 Å². The Balaban J connectivity index is 2.02. The highest BCUT2D eigenvalue weighted by Crippen LogP contribution is 2.46. The second-order valence-corrected chi connectivity index (χ2v) is 8.67. The second kappa shape index (κ2) is 9.82. The SMILES string of the molecule is COc1cc(/C(O)=C2\C(=O)C(=O)N(c3cccc(C(F)(F)F)c3)C2c2ccccc2C)c(OC)cc1Cl. The van der Waals surface area contributed by atoms with Crippen molar-refractivity contribution >= 4 is 34.7 Å². The molecular formula is C27H21ClF3NO5. The molecule has 10 heteroatoms. The molecule has 1 amide bonds. The number of hydrogen-bond acceptors (Lipinski definition) is 5. The molecule has 1 unspecified atom stereocenters. The number of anilines is 1. The van der Waals surface area contributed by atoms with Gasteiger partial charge in [0.2, 0.25) is 0 Å². The molecule has 1 saturated heterocycles. The van der Waals surface area contributed by atoms with E-state index in [0.29, 0.717) is 11.1 Å². The maximum Gasteiger partial charge on any atom is 0.416 e. The van der Waals surface area contributed by atoms with Crippen LogP contribution in [-0.4, -0.2) is 31.0 Å². The van der Waals surface area contributed by atoms with Crippen LogP contribution < -0.4 is 14.4 Å². The fraction of sp³-hybridized carbons (Fsp3) is 0.185. The average Bonchev–Trinajstić information content (AvgIpc) is 3.13. The molecule has 1 fully saturated rings. The van der Waals surface area contributed by atoms with Gasteiger partial charge in [-0.1, -0.05) is 41.9 Å². The van der Waals surface area contributed by atoms with Crippen molar-refractivity contribution < 1.29 is 37.3 Å². The third-order valence-corrected chi connectivity index (χ3v) is 6.40. The van der Waals surface area contributed by atoms with Gasteiger partial charge >= 0.3 is 6.18 Å². The van der Waals surface area contributed by atoms with Gasteiger partial charge in [-0.15, -0.1) is 0 Å². The van der Waals surface area contributed by atoms with E-state index in [9.17, 15) is 27.9 Å². The summed E-state index contributed by atoms with van der Waals surface area (Å²) >= 11 is 6.17. The molecule has 0 aliphatic carbocycles. The van der Waals surface area contributed by atoms with Gasteiger partial charge in [-0.3, -0.25) is 14.5 Å². The second-order valence-electron chi connectivity index (χ2n) is 8.26. The van der Waals surface area contributed by atoms with Gasteiger partial charge in [-0.25, -0.2) is 0 Å². The summed E-state index contributed by atoms with van der Waals surface area (Å²) in [6.45, 7) is 1.73. The number of aliphatic hydroxyl groups is 1. The number of Topliss-reactive ketones (excluding diaryl/α,β-unsaturated/α-hetero) is 1. The van der Waals surface area contributed by atoms with E-state index in [0.717, 1.165) is 23.1 Å². The van der Waals surface area contributed by atoms with E-state index in [1.165, 1.54) is 32.4 Å². The molecule has 37 heavy (non-hydrogen) atoms. The van der Waals surface area contributed by atoms with Crippen molar-refractivity contribution in [3.05, 3.63) is 93.5 Å². The third-order valence-electron chi connectivity index (χ3n) is 6.11. The molecule has 1 aliphatic rings. The summed E-state index contributed by atoms with van der Waals surface area (Å²) in [4.78, 5) is 27.6. The number of hydrogen-bond donors (Lipinski definition) is 1. The number of methoxy groups -OCH3 is 2. The summed E-state index contributed by atoms with van der Waals surface area (Å²) in [5.41, 5.74) is -0.341. The Hall–Kier alpha value is -3.98. The molecule has 1 heterocycles. The Morgan fingerprint density at radius 1 is 0.973 bits per heavy atom. The van der Waals surface area contributed by atoms with Crippen LogP contribution in [0.4, 0.5) is 18.9 Å². The highest BCUT2D eigenvalue weighted by atomic mass is 35.5. The summed E-state index contributed by atoms with van der Waals surface area (Å²) < 4.78 is 51.0. The zero-order valence-electron chi connectivity index (χ0n) is 19.9. The first-order valence-electron chi connectivity index (χ1n) is 10.9. The Bertz CT molecular complexity index is 1430. The largest absolute Gasteiger partial charge is 0.507 e. The van der Waals surface area contributed by atoms with E-state index in [-0.39, 0.29) is 33.3 Å². The van der Waals surface area contributed by atoms with Gasteiger partial charge in [0.25, 0.3) is 11.7 Å². The number of ether oxygens (including phenoxy) is 2. The number of amides is 1. The maximum atomic E-state index is 13.5. The Labute approximate surface area is 215 Å². The molecule has 0 aromatic heterocycles. The summed E-state index contributed by atoms with van der Waals surface area (Å²) in [6.07, 6.45) is -4.67. The van der Waals surface area contributed by atoms with Crippen LogP contribution >= 0.6 is 11.6 Å². The van der Waals surface area contributed by atoms with Crippen molar-refractivity contribution in [2.45, 2.75) is 19.1 Å². The quantitative estimate of drug-likeness (QED) is 0.237. The topological polar surface area (TPSA) is 76.1 Å². The summed E-state index contributed by atoms with van der Waals surface area (Å²) in [5, 5.41) is 11.6. The van der Waals surface area contributed by atoms with Gasteiger partial charge in [0.05, 0.1) is 42.0 Å². The fourth-order valence-corrected chi connectivity index (χ4v) is 4.54. The van der Waals surface area contributed by atoms with E-state index in [1.807, 2.05) is 0 Å². The molecule has 0 saturated carbocycles. The van der Waals surface area contributed by atoms with Crippen LogP contribution in [0.5, 0.6) is 11.5 Å². The first kappa shape index (κ1) is 26.1. The number of benzene rings is 3. The van der Waals surface area contributed by atoms with Gasteiger partial charge in [0, 0.05) is 11.8 Å². The zero-order chi connectivity index (χ0) is 27.1. The van der Waals surface area contributed by atoms with Crippen LogP contribution in [0.15, 0.2) is 66.2 Å². The predicted octanol–water partition coefficient (Wildman–Crippen LogP) is 6.31. The molecule has 0 spiro atoms. The minimum atomic E-state index is -4.67. The predicted molar refractivity (Wildman–Crippen MR) is 132 cm³/mol. The molecule has 4 rings (SSSR count). The van der Waals surface area contributed by atoms with Crippen LogP contribution in [-0.2, 0) is 15.8 Å². The lowest BCUT2D eigenvalue weighted by Crippen LogP contribution is -2.30. The van der Waals surface area contributed by atoms with Crippen molar-refractivity contribution in [3.8, 4) is 11.5 Å². The van der Waals surface area contributed by atoms with E-state index < -0.39 is 35.2 Å². The van der Waals surface area contributed by atoms with Crippen molar-refractivity contribution in [3.63, 3.8) is 0 Å². The number of aryl methyl sites for hydroxylation is 1. The number of aliphatic hydroxyl groups excluding tert-OH is 1. The standard InChI is InChI=1S/C27H21ClF3NO5/c1-14-7-4-5-10-17(14)23-22(24(33)18-12-21(37-3)19(28)13-20(18)36-2)25(34)26(35)32(23)16-9-6-8-15(11-16)27(29,30)31/h4-13,23,33H,1-3H3/b24-22+. The summed E-state index contributed by atoms with van der Waals surface area (Å²) in [6, 6.07) is 12.4. The van der Waals surface area contributed by atoms with Crippen LogP contribution in [0.3, 0.4) is 0 Å². The van der Waals surface area contributed by atoms with Crippen LogP contribution in [0.2, 0.25) is 5.02 Å². The minimum Gasteiger partial charge on any atom is -0.507 e. The highest BCUT2D eigenvalue weighted by molar-refractivity contribution is 6.51. The zero-order valence-corrected chi connectivity index (χ0v) is 20.6. The lowest BCUT2D eigenvalue weighted by Gasteiger charge is -2.27. The number of ketones is 1. The number of alkyl halides is 3. The van der Waals surface area contributed by atoms with Gasteiger partial charge in [0.1, 0.15) is 17.3 Å². The third kappa shape index (κ3) is 4.62. The molecule has 3 aromatic rings. The first-order valence-corrected chi connectivity index (χ1v) is 11.3. The summed E-state index contributed by atoms with van der Waals surface area (Å²) in [5.74, 6) is -2.48. The van der Waals surface area contributed by atoms with Crippen LogP contribution in [0.25, 0.3) is 5.76 Å². The average molecular weight is 532 g/mol. The summed E-state index contributed by atoms with van der Waals surface area (Å²) in [7, 11) is 2.69. The van der Waals surface area contributed by atoms with Gasteiger partial charge < -0.3 is 14.6 Å².